The van der Waals surface area contributed by atoms with Gasteiger partial charge in [0.15, 0.2) is 23.4 Å². The number of carbonyl (C=O) groups excluding carboxylic acids is 3. The zero-order valence-corrected chi connectivity index (χ0v) is 17.6. The number of fused-ring (bicyclic) bond motifs is 1. The van der Waals surface area contributed by atoms with E-state index in [0.29, 0.717) is 34.2 Å². The third kappa shape index (κ3) is 5.04. The molecule has 9 heteroatoms. The molecule has 2 aromatic rings. The van der Waals surface area contributed by atoms with Crippen LogP contribution >= 0.6 is 11.8 Å². The molecule has 1 atom stereocenters. The quantitative estimate of drug-likeness (QED) is 0.621. The fourth-order valence-corrected chi connectivity index (χ4v) is 3.52. The summed E-state index contributed by atoms with van der Waals surface area (Å²) in [6, 6.07) is 9.97. The number of Topliss-reactive ketones (excluding diaryl/α,β-unsaturated/α-hetero) is 1. The van der Waals surface area contributed by atoms with Crippen molar-refractivity contribution >= 4 is 40.7 Å². The number of carbonyl (C=O) groups is 3. The number of hydrogen-bond acceptors (Lipinski definition) is 7. The maximum atomic E-state index is 12.4. The van der Waals surface area contributed by atoms with E-state index in [-0.39, 0.29) is 29.1 Å². The average Bonchev–Trinajstić information content (AvgIpc) is 2.74. The van der Waals surface area contributed by atoms with Crippen LogP contribution in [0, 0.1) is 0 Å². The predicted molar refractivity (Wildman–Crippen MR) is 115 cm³/mol. The fraction of sp³-hybridized carbons (Fsp3) is 0.286. The molecule has 0 fully saturated rings. The summed E-state index contributed by atoms with van der Waals surface area (Å²) in [5.41, 5.74) is 1.49. The van der Waals surface area contributed by atoms with Crippen molar-refractivity contribution < 1.29 is 28.6 Å². The van der Waals surface area contributed by atoms with Gasteiger partial charge in [0.25, 0.3) is 5.91 Å². The first-order chi connectivity index (χ1) is 14.4. The number of nitrogens with one attached hydrogen (secondary N) is 2. The highest BCUT2D eigenvalue weighted by molar-refractivity contribution is 8.00. The number of rotatable bonds is 8. The molecule has 0 saturated heterocycles. The number of benzene rings is 2. The lowest BCUT2D eigenvalue weighted by molar-refractivity contribution is -0.122. The van der Waals surface area contributed by atoms with Crippen molar-refractivity contribution in [3.63, 3.8) is 0 Å². The Morgan fingerprint density at radius 1 is 1.10 bits per heavy atom. The summed E-state index contributed by atoms with van der Waals surface area (Å²) in [5, 5.41) is 5.48. The largest absolute Gasteiger partial charge is 0.493 e. The molecular weight excluding hydrogens is 408 g/mol. The van der Waals surface area contributed by atoms with E-state index in [9.17, 15) is 14.4 Å². The van der Waals surface area contributed by atoms with E-state index in [2.05, 4.69) is 10.6 Å². The van der Waals surface area contributed by atoms with Crippen LogP contribution in [-0.2, 0) is 9.59 Å². The summed E-state index contributed by atoms with van der Waals surface area (Å²) >= 11 is 1.20. The van der Waals surface area contributed by atoms with Crippen molar-refractivity contribution in [2.45, 2.75) is 13.0 Å². The van der Waals surface area contributed by atoms with E-state index >= 15 is 0 Å². The van der Waals surface area contributed by atoms with Gasteiger partial charge in [0.05, 0.1) is 31.4 Å². The third-order valence-electron chi connectivity index (χ3n) is 4.37. The Bertz CT molecular complexity index is 978. The van der Waals surface area contributed by atoms with Crippen molar-refractivity contribution in [3.8, 4) is 17.2 Å². The minimum atomic E-state index is -0.571. The molecule has 1 unspecified atom stereocenters. The van der Waals surface area contributed by atoms with Crippen LogP contribution in [0.15, 0.2) is 36.4 Å². The van der Waals surface area contributed by atoms with Crippen molar-refractivity contribution in [1.82, 2.24) is 0 Å². The van der Waals surface area contributed by atoms with E-state index < -0.39 is 6.10 Å². The van der Waals surface area contributed by atoms with E-state index in [1.54, 1.807) is 43.3 Å². The van der Waals surface area contributed by atoms with Gasteiger partial charge in [0.1, 0.15) is 5.75 Å². The molecule has 1 aliphatic rings. The molecule has 8 nitrogen and oxygen atoms in total. The molecule has 2 N–H and O–H groups in total. The lowest BCUT2D eigenvalue weighted by Gasteiger charge is -2.23. The van der Waals surface area contributed by atoms with Gasteiger partial charge in [-0.3, -0.25) is 14.4 Å². The molecule has 0 radical (unpaired) electrons. The molecule has 3 rings (SSSR count). The number of ketones is 1. The van der Waals surface area contributed by atoms with Gasteiger partial charge in [-0.1, -0.05) is 0 Å². The predicted octanol–water partition coefficient (Wildman–Crippen LogP) is 2.98. The Morgan fingerprint density at radius 2 is 1.87 bits per heavy atom. The zero-order valence-electron chi connectivity index (χ0n) is 16.8. The molecular formula is C21H22N2O6S. The minimum absolute atomic E-state index is 0.113. The van der Waals surface area contributed by atoms with Crippen molar-refractivity contribution in [1.29, 1.82) is 0 Å². The monoisotopic (exact) mass is 430 g/mol. The van der Waals surface area contributed by atoms with Gasteiger partial charge in [0, 0.05) is 17.3 Å². The molecule has 0 aliphatic carbocycles. The molecule has 1 heterocycles. The first-order valence-corrected chi connectivity index (χ1v) is 10.3. The van der Waals surface area contributed by atoms with Gasteiger partial charge in [-0.05, 0) is 37.3 Å². The Morgan fingerprint density at radius 3 is 2.60 bits per heavy atom. The summed E-state index contributed by atoms with van der Waals surface area (Å²) in [6.45, 7) is 1.65. The van der Waals surface area contributed by atoms with Crippen molar-refractivity contribution in [2.75, 3.05) is 36.4 Å². The van der Waals surface area contributed by atoms with E-state index in [1.807, 2.05) is 0 Å². The normalized spacial score (nSPS) is 14.8. The Hall–Kier alpha value is -3.20. The van der Waals surface area contributed by atoms with Gasteiger partial charge in [-0.2, -0.15) is 0 Å². The second-order valence-corrected chi connectivity index (χ2v) is 7.48. The third-order valence-corrected chi connectivity index (χ3v) is 5.30. The highest BCUT2D eigenvalue weighted by atomic mass is 32.2. The maximum Gasteiger partial charge on any atom is 0.265 e. The molecule has 1 aliphatic heterocycles. The van der Waals surface area contributed by atoms with Crippen LogP contribution in [0.25, 0.3) is 0 Å². The number of anilines is 2. The highest BCUT2D eigenvalue weighted by Crippen LogP contribution is 2.31. The van der Waals surface area contributed by atoms with Crippen LogP contribution in [-0.4, -0.2) is 49.4 Å². The standard InChI is InChI=1S/C21H22N2O6S/c1-12-21(26)23-15-8-13(4-6-17(15)29-12)16(24)10-30-11-20(25)22-14-5-7-18(27-2)19(9-14)28-3/h4-9,12H,10-11H2,1-3H3,(H,22,25)(H,23,26). The van der Waals surface area contributed by atoms with Gasteiger partial charge >= 0.3 is 0 Å². The van der Waals surface area contributed by atoms with Crippen LogP contribution in [0.1, 0.15) is 17.3 Å². The topological polar surface area (TPSA) is 103 Å². The molecule has 2 aromatic carbocycles. The number of ether oxygens (including phenoxy) is 3. The first kappa shape index (κ1) is 21.5. The van der Waals surface area contributed by atoms with Crippen LogP contribution in [0.3, 0.4) is 0 Å². The second kappa shape index (κ2) is 9.53. The highest BCUT2D eigenvalue weighted by Gasteiger charge is 2.24. The SMILES string of the molecule is COc1ccc(NC(=O)CSCC(=O)c2ccc3c(c2)NC(=O)C(C)O3)cc1OC. The van der Waals surface area contributed by atoms with Crippen LogP contribution in [0.2, 0.25) is 0 Å². The van der Waals surface area contributed by atoms with Crippen LogP contribution < -0.4 is 24.8 Å². The van der Waals surface area contributed by atoms with Gasteiger partial charge in [-0.25, -0.2) is 0 Å². The minimum Gasteiger partial charge on any atom is -0.493 e. The lowest BCUT2D eigenvalue weighted by Crippen LogP contribution is -2.34. The molecule has 0 aromatic heterocycles. The maximum absolute atomic E-state index is 12.4. The summed E-state index contributed by atoms with van der Waals surface area (Å²) in [4.78, 5) is 36.3. The van der Waals surface area contributed by atoms with Crippen molar-refractivity contribution in [3.05, 3.63) is 42.0 Å². The molecule has 2 amide bonds. The first-order valence-electron chi connectivity index (χ1n) is 9.15. The molecule has 0 saturated carbocycles. The Kier molecular flexibility index (Phi) is 6.83. The number of amides is 2. The second-order valence-electron chi connectivity index (χ2n) is 6.49. The van der Waals surface area contributed by atoms with Gasteiger partial charge in [-0.15, -0.1) is 11.8 Å². The van der Waals surface area contributed by atoms with E-state index in [0.717, 1.165) is 0 Å². The summed E-state index contributed by atoms with van der Waals surface area (Å²) < 4.78 is 15.9. The molecule has 0 bridgehead atoms. The number of thioether (sulfide) groups is 1. The summed E-state index contributed by atoms with van der Waals surface area (Å²) in [7, 11) is 3.05. The number of hydrogen-bond donors (Lipinski definition) is 2. The van der Waals surface area contributed by atoms with Crippen LogP contribution in [0.5, 0.6) is 17.2 Å². The van der Waals surface area contributed by atoms with E-state index in [4.69, 9.17) is 14.2 Å². The molecule has 30 heavy (non-hydrogen) atoms. The Labute approximate surface area is 178 Å². The van der Waals surface area contributed by atoms with Crippen molar-refractivity contribution in [2.24, 2.45) is 0 Å². The molecule has 158 valence electrons. The van der Waals surface area contributed by atoms with Gasteiger partial charge < -0.3 is 24.8 Å². The fourth-order valence-electron chi connectivity index (χ4n) is 2.81. The smallest absolute Gasteiger partial charge is 0.265 e. The summed E-state index contributed by atoms with van der Waals surface area (Å²) in [5.74, 6) is 1.21. The van der Waals surface area contributed by atoms with Crippen LogP contribution in [0.4, 0.5) is 11.4 Å². The van der Waals surface area contributed by atoms with E-state index in [1.165, 1.54) is 26.0 Å². The average molecular weight is 430 g/mol. The zero-order chi connectivity index (χ0) is 21.7. The number of methoxy groups -OCH3 is 2. The summed E-state index contributed by atoms with van der Waals surface area (Å²) in [6.07, 6.45) is -0.571. The molecule has 0 spiro atoms. The Balaban J connectivity index is 1.51. The van der Waals surface area contributed by atoms with Gasteiger partial charge in [0.2, 0.25) is 5.91 Å². The lowest BCUT2D eigenvalue weighted by atomic mass is 10.1.